The Morgan fingerprint density at radius 2 is 1.50 bits per heavy atom. The van der Waals surface area contributed by atoms with Crippen molar-refractivity contribution in [2.75, 3.05) is 0 Å². The molecular weight excluding hydrogens is 458 g/mol. The molecule has 0 aliphatic heterocycles. The molecule has 0 unspecified atom stereocenters. The molecule has 0 spiro atoms. The number of aromatic hydroxyl groups is 1. The van der Waals surface area contributed by atoms with Crippen molar-refractivity contribution in [2.45, 2.75) is 81.9 Å². The predicted molar refractivity (Wildman–Crippen MR) is 127 cm³/mol. The van der Waals surface area contributed by atoms with Gasteiger partial charge in [-0.1, -0.05) is 23.8 Å². The molecule has 2 aromatic rings. The average Bonchev–Trinajstić information content (AvgIpc) is 2.66. The molecule has 1 amide bonds. The third-order valence-electron chi connectivity index (χ3n) is 4.48. The maximum absolute atomic E-state index is 13.4. The van der Waals surface area contributed by atoms with Crippen molar-refractivity contribution in [1.29, 1.82) is 0 Å². The van der Waals surface area contributed by atoms with Gasteiger partial charge in [-0.2, -0.15) is 0 Å². The summed E-state index contributed by atoms with van der Waals surface area (Å²) in [6.07, 6.45) is -1.04. The van der Waals surface area contributed by atoms with Gasteiger partial charge >= 0.3 is 12.1 Å². The highest BCUT2D eigenvalue weighted by molar-refractivity contribution is 7.91. The predicted octanol–water partition coefficient (Wildman–Crippen LogP) is 4.31. The molecule has 0 saturated carbocycles. The van der Waals surface area contributed by atoms with E-state index >= 15 is 0 Å². The number of ether oxygens (including phenoxy) is 2. The zero-order valence-corrected chi connectivity index (χ0v) is 21.4. The minimum atomic E-state index is -4.03. The Bertz CT molecular complexity index is 1140. The van der Waals surface area contributed by atoms with E-state index in [1.54, 1.807) is 53.7 Å². The number of carbonyl (C=O) groups is 2. The number of sulfone groups is 1. The summed E-state index contributed by atoms with van der Waals surface area (Å²) in [7, 11) is -4.03. The zero-order valence-electron chi connectivity index (χ0n) is 20.6. The van der Waals surface area contributed by atoms with E-state index in [9.17, 15) is 23.1 Å². The van der Waals surface area contributed by atoms with Crippen LogP contribution in [0.5, 0.6) is 5.75 Å². The first-order valence-electron chi connectivity index (χ1n) is 10.8. The number of phenols is 1. The maximum Gasteiger partial charge on any atom is 0.408 e. The second kappa shape index (κ2) is 10.0. The van der Waals surface area contributed by atoms with Crippen LogP contribution in [-0.4, -0.2) is 42.8 Å². The van der Waals surface area contributed by atoms with Crippen molar-refractivity contribution in [3.8, 4) is 5.75 Å². The summed E-state index contributed by atoms with van der Waals surface area (Å²) in [4.78, 5) is 25.2. The largest absolute Gasteiger partial charge is 0.508 e. The van der Waals surface area contributed by atoms with Gasteiger partial charge in [-0.3, -0.25) is 0 Å². The normalized spacial score (nSPS) is 13.1. The van der Waals surface area contributed by atoms with Crippen molar-refractivity contribution in [2.24, 2.45) is 0 Å². The van der Waals surface area contributed by atoms with Crippen LogP contribution < -0.4 is 5.32 Å². The van der Waals surface area contributed by atoms with E-state index in [0.29, 0.717) is 0 Å². The minimum Gasteiger partial charge on any atom is -0.508 e. The van der Waals surface area contributed by atoms with Gasteiger partial charge in [0.1, 0.15) is 23.0 Å². The number of alkyl carbamates (subject to hydrolysis) is 1. The van der Waals surface area contributed by atoms with Crippen LogP contribution in [0.15, 0.2) is 52.3 Å². The number of aryl methyl sites for hydroxylation is 1. The van der Waals surface area contributed by atoms with Gasteiger partial charge in [-0.05, 0) is 78.3 Å². The summed E-state index contributed by atoms with van der Waals surface area (Å²) < 4.78 is 37.4. The van der Waals surface area contributed by atoms with Crippen LogP contribution in [0.25, 0.3) is 0 Å². The number of nitrogens with one attached hydrogen (secondary N) is 1. The third kappa shape index (κ3) is 7.76. The molecule has 186 valence electrons. The average molecular weight is 492 g/mol. The lowest BCUT2D eigenvalue weighted by molar-refractivity contribution is -0.157. The maximum atomic E-state index is 13.4. The van der Waals surface area contributed by atoms with E-state index in [0.717, 1.165) is 11.6 Å². The Kier molecular flexibility index (Phi) is 8.03. The van der Waals surface area contributed by atoms with Gasteiger partial charge in [-0.15, -0.1) is 0 Å². The number of phenolic OH excluding ortho intramolecular Hbond substituents is 1. The zero-order chi connectivity index (χ0) is 25.9. The SMILES string of the molecule is Cc1ccc(S(=O)(=O)c2cc(O)ccc2C[C@H](NC(=O)OC(C)(C)C)C(=O)OC(C)(C)C)cc1. The van der Waals surface area contributed by atoms with E-state index in [1.807, 2.05) is 6.92 Å². The monoisotopic (exact) mass is 491 g/mol. The Morgan fingerprint density at radius 1 is 0.941 bits per heavy atom. The van der Waals surface area contributed by atoms with Crippen molar-refractivity contribution < 1.29 is 32.6 Å². The molecule has 8 nitrogen and oxygen atoms in total. The molecule has 34 heavy (non-hydrogen) atoms. The number of esters is 1. The number of rotatable bonds is 6. The van der Waals surface area contributed by atoms with E-state index in [4.69, 9.17) is 9.47 Å². The smallest absolute Gasteiger partial charge is 0.408 e. The topological polar surface area (TPSA) is 119 Å². The van der Waals surface area contributed by atoms with E-state index in [2.05, 4.69) is 5.32 Å². The molecule has 0 radical (unpaired) electrons. The Morgan fingerprint density at radius 3 is 2.03 bits per heavy atom. The molecule has 2 rings (SSSR count). The van der Waals surface area contributed by atoms with Crippen LogP contribution in [0.4, 0.5) is 4.79 Å². The van der Waals surface area contributed by atoms with Crippen LogP contribution in [0.2, 0.25) is 0 Å². The van der Waals surface area contributed by atoms with Gasteiger partial charge in [0.25, 0.3) is 0 Å². The molecule has 9 heteroatoms. The van der Waals surface area contributed by atoms with Crippen LogP contribution >= 0.6 is 0 Å². The van der Waals surface area contributed by atoms with Gasteiger partial charge in [0, 0.05) is 6.42 Å². The first-order valence-corrected chi connectivity index (χ1v) is 12.3. The molecule has 0 heterocycles. The number of carbonyl (C=O) groups excluding carboxylic acids is 2. The fourth-order valence-electron chi connectivity index (χ4n) is 3.04. The lowest BCUT2D eigenvalue weighted by Gasteiger charge is -2.26. The molecule has 0 fully saturated rings. The molecular formula is C25H33NO7S. The van der Waals surface area contributed by atoms with Crippen molar-refractivity contribution in [3.63, 3.8) is 0 Å². The first-order chi connectivity index (χ1) is 15.5. The molecule has 0 bridgehead atoms. The minimum absolute atomic E-state index is 0.0406. The van der Waals surface area contributed by atoms with Crippen LogP contribution in [0.3, 0.4) is 0 Å². The van der Waals surface area contributed by atoms with Gasteiger partial charge in [0.2, 0.25) is 9.84 Å². The number of benzene rings is 2. The fraction of sp³-hybridized carbons (Fsp3) is 0.440. The summed E-state index contributed by atoms with van der Waals surface area (Å²) in [5.74, 6) is -0.992. The summed E-state index contributed by atoms with van der Waals surface area (Å²) in [5.41, 5.74) is -0.524. The van der Waals surface area contributed by atoms with Gasteiger partial charge in [0.05, 0.1) is 9.79 Å². The second-order valence-electron chi connectivity index (χ2n) is 10.0. The molecule has 0 aliphatic rings. The van der Waals surface area contributed by atoms with E-state index in [-0.39, 0.29) is 27.5 Å². The summed E-state index contributed by atoms with van der Waals surface area (Å²) in [5, 5.41) is 12.5. The highest BCUT2D eigenvalue weighted by Gasteiger charge is 2.31. The molecule has 0 aromatic heterocycles. The van der Waals surface area contributed by atoms with Gasteiger partial charge < -0.3 is 19.9 Å². The lowest BCUT2D eigenvalue weighted by Crippen LogP contribution is -2.47. The quantitative estimate of drug-likeness (QED) is 0.578. The highest BCUT2D eigenvalue weighted by Crippen LogP contribution is 2.29. The standard InChI is InChI=1S/C25H33NO7S/c1-16-8-12-19(13-9-16)34(30,31)21-15-18(27)11-10-17(21)14-20(22(28)32-24(2,3)4)26-23(29)33-25(5,6)7/h8-13,15,20,27H,14H2,1-7H3,(H,26,29)/t20-/m0/s1. The lowest BCUT2D eigenvalue weighted by atomic mass is 10.1. The second-order valence-corrected chi connectivity index (χ2v) is 12.0. The van der Waals surface area contributed by atoms with Crippen molar-refractivity contribution in [1.82, 2.24) is 5.32 Å². The molecule has 2 N–H and O–H groups in total. The Hall–Kier alpha value is -3.07. The summed E-state index contributed by atoms with van der Waals surface area (Å²) >= 11 is 0. The number of hydrogen-bond donors (Lipinski definition) is 2. The Labute approximate surface area is 201 Å². The van der Waals surface area contributed by atoms with Crippen LogP contribution in [-0.2, 0) is 30.5 Å². The first kappa shape index (κ1) is 27.2. The number of amides is 1. The van der Waals surface area contributed by atoms with Crippen LogP contribution in [0.1, 0.15) is 52.7 Å². The molecule has 0 aliphatic carbocycles. The fourth-order valence-corrected chi connectivity index (χ4v) is 4.56. The van der Waals surface area contributed by atoms with Crippen LogP contribution in [0, 0.1) is 6.92 Å². The highest BCUT2D eigenvalue weighted by atomic mass is 32.2. The summed E-state index contributed by atoms with van der Waals surface area (Å²) in [6.45, 7) is 11.9. The Balaban J connectivity index is 2.48. The van der Waals surface area contributed by atoms with Gasteiger partial charge in [0.15, 0.2) is 0 Å². The van der Waals surface area contributed by atoms with E-state index in [1.165, 1.54) is 24.3 Å². The molecule has 0 saturated heterocycles. The van der Waals surface area contributed by atoms with Gasteiger partial charge in [-0.25, -0.2) is 18.0 Å². The van der Waals surface area contributed by atoms with Crippen molar-refractivity contribution >= 4 is 21.9 Å². The summed E-state index contributed by atoms with van der Waals surface area (Å²) in [6, 6.07) is 8.92. The van der Waals surface area contributed by atoms with E-state index < -0.39 is 39.1 Å². The molecule has 2 aromatic carbocycles. The number of hydrogen-bond acceptors (Lipinski definition) is 7. The van der Waals surface area contributed by atoms with Crippen molar-refractivity contribution in [3.05, 3.63) is 53.6 Å². The molecule has 1 atom stereocenters. The third-order valence-corrected chi connectivity index (χ3v) is 6.33.